The Hall–Kier alpha value is -2.83. The predicted octanol–water partition coefficient (Wildman–Crippen LogP) is 5.43. The van der Waals surface area contributed by atoms with E-state index in [-0.39, 0.29) is 17.5 Å². The van der Waals surface area contributed by atoms with Crippen molar-refractivity contribution in [2.45, 2.75) is 58.2 Å². The molecule has 1 amide bonds. The number of anilines is 1. The Bertz CT molecular complexity index is 1010. The van der Waals surface area contributed by atoms with E-state index in [0.717, 1.165) is 29.7 Å². The first kappa shape index (κ1) is 22.8. The topological polar surface area (TPSA) is 44.7 Å². The molecular weight excluding hydrogens is 403 g/mol. The molecule has 0 fully saturated rings. The van der Waals surface area contributed by atoms with E-state index >= 15 is 0 Å². The Labute approximate surface area is 181 Å². The van der Waals surface area contributed by atoms with Gasteiger partial charge in [0.2, 0.25) is 5.91 Å². The van der Waals surface area contributed by atoms with Gasteiger partial charge in [0, 0.05) is 18.3 Å². The fraction of sp³-hybridized carbons (Fsp3) is 0.417. The van der Waals surface area contributed by atoms with Gasteiger partial charge in [0.15, 0.2) is 0 Å². The highest BCUT2D eigenvalue weighted by Crippen LogP contribution is 2.43. The largest absolute Gasteiger partial charge is 0.416 e. The smallest absolute Gasteiger partial charge is 0.369 e. The summed E-state index contributed by atoms with van der Waals surface area (Å²) in [5.74, 6) is -0.0783. The Morgan fingerprint density at radius 2 is 2.00 bits per heavy atom. The van der Waals surface area contributed by atoms with Crippen LogP contribution in [-0.2, 0) is 17.4 Å². The molecule has 3 rings (SSSR count). The van der Waals surface area contributed by atoms with Crippen LogP contribution in [0.15, 0.2) is 41.5 Å². The summed E-state index contributed by atoms with van der Waals surface area (Å²) in [6, 6.07) is 8.99. The number of hydrogen-bond donors (Lipinski definition) is 1. The third kappa shape index (κ3) is 5.09. The van der Waals surface area contributed by atoms with Crippen LogP contribution in [0.25, 0.3) is 0 Å². The van der Waals surface area contributed by atoms with Gasteiger partial charge in [-0.3, -0.25) is 4.79 Å². The predicted molar refractivity (Wildman–Crippen MR) is 118 cm³/mol. The molecule has 2 aromatic carbocycles. The summed E-state index contributed by atoms with van der Waals surface area (Å²) in [4.78, 5) is 14.4. The number of alkyl halides is 3. The molecule has 1 N–H and O–H groups in total. The lowest BCUT2D eigenvalue weighted by atomic mass is 9.79. The number of hydrazone groups is 1. The maximum absolute atomic E-state index is 12.8. The lowest BCUT2D eigenvalue weighted by Gasteiger charge is -2.45. The van der Waals surface area contributed by atoms with Crippen LogP contribution in [0.3, 0.4) is 0 Å². The zero-order valence-electron chi connectivity index (χ0n) is 18.5. The molecule has 1 heterocycles. The molecule has 0 radical (unpaired) electrons. The van der Waals surface area contributed by atoms with E-state index in [1.54, 1.807) is 6.21 Å². The van der Waals surface area contributed by atoms with Crippen molar-refractivity contribution in [2.24, 2.45) is 5.10 Å². The first-order valence-electron chi connectivity index (χ1n) is 10.2. The second kappa shape index (κ2) is 8.36. The van der Waals surface area contributed by atoms with E-state index in [0.29, 0.717) is 5.92 Å². The molecule has 7 heteroatoms. The number of hydrogen-bond acceptors (Lipinski definition) is 3. The number of nitrogens with one attached hydrogen (secondary N) is 1. The molecule has 0 aromatic heterocycles. The number of fused-ring (bicyclic) bond motifs is 1. The molecule has 0 saturated heterocycles. The van der Waals surface area contributed by atoms with Crippen molar-refractivity contribution in [3.63, 3.8) is 0 Å². The van der Waals surface area contributed by atoms with Crippen molar-refractivity contribution in [3.05, 3.63) is 64.2 Å². The van der Waals surface area contributed by atoms with Gasteiger partial charge in [-0.1, -0.05) is 25.1 Å². The molecule has 2 aromatic rings. The highest BCUT2D eigenvalue weighted by atomic mass is 19.4. The Morgan fingerprint density at radius 1 is 1.29 bits per heavy atom. The SMILES string of the molecule is Cc1cc2c(cc1/C=N/NC(=O)Cc1cccc(C(F)(F)F)c1)[C@@H](C)CC(C)(C)N2C. The summed E-state index contributed by atoms with van der Waals surface area (Å²) in [6.45, 7) is 8.67. The molecule has 0 saturated carbocycles. The fourth-order valence-electron chi connectivity index (χ4n) is 4.13. The fourth-order valence-corrected chi connectivity index (χ4v) is 4.13. The number of benzene rings is 2. The van der Waals surface area contributed by atoms with Crippen molar-refractivity contribution in [3.8, 4) is 0 Å². The van der Waals surface area contributed by atoms with Crippen LogP contribution in [0.1, 0.15) is 60.9 Å². The van der Waals surface area contributed by atoms with Crippen molar-refractivity contribution in [1.29, 1.82) is 0 Å². The monoisotopic (exact) mass is 431 g/mol. The highest BCUT2D eigenvalue weighted by molar-refractivity contribution is 5.86. The normalized spacial score (nSPS) is 18.2. The second-order valence-corrected chi connectivity index (χ2v) is 8.91. The van der Waals surface area contributed by atoms with E-state index in [1.807, 2.05) is 6.92 Å². The average Bonchev–Trinajstić information content (AvgIpc) is 2.66. The first-order chi connectivity index (χ1) is 14.4. The van der Waals surface area contributed by atoms with Crippen LogP contribution >= 0.6 is 0 Å². The lowest BCUT2D eigenvalue weighted by Crippen LogP contribution is -2.45. The maximum Gasteiger partial charge on any atom is 0.416 e. The maximum atomic E-state index is 12.8. The van der Waals surface area contributed by atoms with Gasteiger partial charge >= 0.3 is 6.18 Å². The van der Waals surface area contributed by atoms with Gasteiger partial charge in [-0.15, -0.1) is 0 Å². The van der Waals surface area contributed by atoms with Gasteiger partial charge in [-0.25, -0.2) is 5.43 Å². The molecule has 166 valence electrons. The summed E-state index contributed by atoms with van der Waals surface area (Å²) >= 11 is 0. The van der Waals surface area contributed by atoms with E-state index in [4.69, 9.17) is 0 Å². The number of halogens is 3. The van der Waals surface area contributed by atoms with Crippen molar-refractivity contribution in [2.75, 3.05) is 11.9 Å². The third-order valence-corrected chi connectivity index (χ3v) is 6.03. The summed E-state index contributed by atoms with van der Waals surface area (Å²) < 4.78 is 38.5. The zero-order valence-corrected chi connectivity index (χ0v) is 18.5. The van der Waals surface area contributed by atoms with Crippen molar-refractivity contribution < 1.29 is 18.0 Å². The minimum absolute atomic E-state index is 0.0753. The molecule has 1 atom stereocenters. The van der Waals surface area contributed by atoms with E-state index in [9.17, 15) is 18.0 Å². The summed E-state index contributed by atoms with van der Waals surface area (Å²) in [7, 11) is 2.10. The average molecular weight is 432 g/mol. The van der Waals surface area contributed by atoms with Crippen LogP contribution in [0.2, 0.25) is 0 Å². The van der Waals surface area contributed by atoms with Gasteiger partial charge in [0.1, 0.15) is 0 Å². The first-order valence-corrected chi connectivity index (χ1v) is 10.2. The number of amides is 1. The van der Waals surface area contributed by atoms with Gasteiger partial charge in [0.05, 0.1) is 18.2 Å². The number of carbonyl (C=O) groups excluding carboxylic acids is 1. The van der Waals surface area contributed by atoms with Crippen LogP contribution in [0, 0.1) is 6.92 Å². The zero-order chi connectivity index (χ0) is 23.0. The van der Waals surface area contributed by atoms with Gasteiger partial charge in [-0.2, -0.15) is 18.3 Å². The minimum atomic E-state index is -4.44. The Kier molecular flexibility index (Phi) is 6.16. The Balaban J connectivity index is 1.71. The summed E-state index contributed by atoms with van der Waals surface area (Å²) in [5.41, 5.74) is 6.38. The summed E-state index contributed by atoms with van der Waals surface area (Å²) in [5, 5.41) is 4.03. The van der Waals surface area contributed by atoms with Crippen LogP contribution < -0.4 is 10.3 Å². The molecule has 0 spiro atoms. The van der Waals surface area contributed by atoms with E-state index in [1.165, 1.54) is 23.4 Å². The Morgan fingerprint density at radius 3 is 2.68 bits per heavy atom. The van der Waals surface area contributed by atoms with Gasteiger partial charge in [0.25, 0.3) is 0 Å². The van der Waals surface area contributed by atoms with Crippen LogP contribution in [0.5, 0.6) is 0 Å². The van der Waals surface area contributed by atoms with E-state index in [2.05, 4.69) is 55.4 Å². The van der Waals surface area contributed by atoms with Crippen LogP contribution in [0.4, 0.5) is 18.9 Å². The number of rotatable bonds is 4. The number of carbonyl (C=O) groups is 1. The molecule has 0 bridgehead atoms. The molecule has 4 nitrogen and oxygen atoms in total. The van der Waals surface area contributed by atoms with Crippen LogP contribution in [-0.4, -0.2) is 24.7 Å². The second-order valence-electron chi connectivity index (χ2n) is 8.91. The molecule has 0 aliphatic carbocycles. The quantitative estimate of drug-likeness (QED) is 0.518. The van der Waals surface area contributed by atoms with Crippen molar-refractivity contribution >= 4 is 17.8 Å². The van der Waals surface area contributed by atoms with Gasteiger partial charge < -0.3 is 4.90 Å². The van der Waals surface area contributed by atoms with E-state index < -0.39 is 17.6 Å². The lowest BCUT2D eigenvalue weighted by molar-refractivity contribution is -0.137. The number of nitrogens with zero attached hydrogens (tertiary/aromatic N) is 2. The molecule has 0 unspecified atom stereocenters. The minimum Gasteiger partial charge on any atom is -0.369 e. The highest BCUT2D eigenvalue weighted by Gasteiger charge is 2.34. The molecule has 1 aliphatic heterocycles. The number of aryl methyl sites for hydroxylation is 1. The molecule has 1 aliphatic rings. The third-order valence-electron chi connectivity index (χ3n) is 6.03. The molecular formula is C24H28F3N3O. The molecule has 31 heavy (non-hydrogen) atoms. The van der Waals surface area contributed by atoms with Crippen molar-refractivity contribution in [1.82, 2.24) is 5.43 Å². The van der Waals surface area contributed by atoms with Gasteiger partial charge in [-0.05, 0) is 73.6 Å². The standard InChI is InChI=1S/C24H28F3N3O/c1-15-9-21-20(16(2)13-23(3,4)30(21)5)12-18(15)14-28-29-22(31)11-17-7-6-8-19(10-17)24(25,26)27/h6-10,12,14,16H,11,13H2,1-5H3,(H,29,31)/b28-14+/t16-/m0/s1. The summed E-state index contributed by atoms with van der Waals surface area (Å²) in [6.07, 6.45) is -1.99.